The molecule has 18 heavy (non-hydrogen) atoms. The van der Waals surface area contributed by atoms with Crippen LogP contribution in [0.2, 0.25) is 0 Å². The van der Waals surface area contributed by atoms with Gasteiger partial charge in [-0.05, 0) is 43.4 Å². The Morgan fingerprint density at radius 2 is 1.83 bits per heavy atom. The molecule has 4 N–H and O–H groups in total. The van der Waals surface area contributed by atoms with E-state index in [-0.39, 0.29) is 5.91 Å². The van der Waals surface area contributed by atoms with Crippen LogP contribution in [0.5, 0.6) is 0 Å². The Morgan fingerprint density at radius 3 is 2.50 bits per heavy atom. The number of nitrogen functional groups attached to an aromatic ring is 2. The highest BCUT2D eigenvalue weighted by molar-refractivity contribution is 5.96. The summed E-state index contributed by atoms with van der Waals surface area (Å²) in [6.07, 6.45) is 3.34. The molecule has 0 aromatic heterocycles. The molecule has 1 aliphatic rings. The van der Waals surface area contributed by atoms with Gasteiger partial charge in [0, 0.05) is 30.0 Å². The van der Waals surface area contributed by atoms with E-state index >= 15 is 0 Å². The van der Waals surface area contributed by atoms with Crippen LogP contribution >= 0.6 is 0 Å². The second-order valence-electron chi connectivity index (χ2n) is 5.22. The fourth-order valence-electron chi connectivity index (χ4n) is 2.45. The van der Waals surface area contributed by atoms with Gasteiger partial charge < -0.3 is 16.4 Å². The number of amides is 1. The van der Waals surface area contributed by atoms with Crippen molar-refractivity contribution in [1.29, 1.82) is 0 Å². The van der Waals surface area contributed by atoms with Crippen LogP contribution in [0, 0.1) is 5.92 Å². The Kier molecular flexibility index (Phi) is 3.75. The Balaban J connectivity index is 2.14. The molecule has 0 aliphatic carbocycles. The average Bonchev–Trinajstić information content (AvgIpc) is 2.52. The molecule has 1 unspecified atom stereocenters. The van der Waals surface area contributed by atoms with Crippen molar-refractivity contribution in [3.8, 4) is 0 Å². The number of anilines is 2. The Labute approximate surface area is 108 Å². The van der Waals surface area contributed by atoms with Crippen molar-refractivity contribution in [3.05, 3.63) is 23.8 Å². The minimum atomic E-state index is 0.0445. The predicted molar refractivity (Wildman–Crippen MR) is 74.2 cm³/mol. The van der Waals surface area contributed by atoms with Crippen LogP contribution in [0.3, 0.4) is 0 Å². The summed E-state index contributed by atoms with van der Waals surface area (Å²) in [7, 11) is 0. The first-order valence-corrected chi connectivity index (χ1v) is 6.51. The first-order chi connectivity index (χ1) is 8.56. The van der Waals surface area contributed by atoms with E-state index in [2.05, 4.69) is 6.92 Å². The Morgan fingerprint density at radius 1 is 1.17 bits per heavy atom. The third kappa shape index (κ3) is 2.94. The summed E-state index contributed by atoms with van der Waals surface area (Å²) < 4.78 is 0. The minimum absolute atomic E-state index is 0.0445. The van der Waals surface area contributed by atoms with E-state index in [1.54, 1.807) is 18.2 Å². The molecule has 1 heterocycles. The first-order valence-electron chi connectivity index (χ1n) is 6.51. The van der Waals surface area contributed by atoms with E-state index in [4.69, 9.17) is 11.5 Å². The maximum absolute atomic E-state index is 12.4. The highest BCUT2D eigenvalue weighted by atomic mass is 16.2. The van der Waals surface area contributed by atoms with E-state index < -0.39 is 0 Å². The van der Waals surface area contributed by atoms with Crippen molar-refractivity contribution in [1.82, 2.24) is 4.90 Å². The van der Waals surface area contributed by atoms with Gasteiger partial charge in [0.1, 0.15) is 0 Å². The first kappa shape index (κ1) is 12.7. The summed E-state index contributed by atoms with van der Waals surface area (Å²) in [5, 5.41) is 0. The van der Waals surface area contributed by atoms with E-state index in [1.165, 1.54) is 6.42 Å². The van der Waals surface area contributed by atoms with Crippen LogP contribution < -0.4 is 11.5 Å². The van der Waals surface area contributed by atoms with E-state index in [1.807, 2.05) is 4.90 Å². The molecule has 2 rings (SSSR count). The molecule has 0 radical (unpaired) electrons. The molecule has 0 bridgehead atoms. The molecule has 1 amide bonds. The number of rotatable bonds is 1. The summed E-state index contributed by atoms with van der Waals surface area (Å²) in [5.41, 5.74) is 13.1. The second-order valence-corrected chi connectivity index (χ2v) is 5.22. The fraction of sp³-hybridized carbons (Fsp3) is 0.500. The van der Waals surface area contributed by atoms with Gasteiger partial charge in [0.25, 0.3) is 5.91 Å². The maximum atomic E-state index is 12.4. The number of carbonyl (C=O) groups is 1. The molecule has 1 aromatic rings. The van der Waals surface area contributed by atoms with Crippen molar-refractivity contribution in [2.24, 2.45) is 5.92 Å². The molecular formula is C14H21N3O. The van der Waals surface area contributed by atoms with Gasteiger partial charge in [-0.2, -0.15) is 0 Å². The fourth-order valence-corrected chi connectivity index (χ4v) is 2.45. The minimum Gasteiger partial charge on any atom is -0.399 e. The van der Waals surface area contributed by atoms with Crippen LogP contribution in [0.15, 0.2) is 18.2 Å². The zero-order valence-corrected chi connectivity index (χ0v) is 10.9. The van der Waals surface area contributed by atoms with Crippen molar-refractivity contribution >= 4 is 17.3 Å². The van der Waals surface area contributed by atoms with Gasteiger partial charge >= 0.3 is 0 Å². The number of hydrogen-bond acceptors (Lipinski definition) is 3. The third-order valence-corrected chi connectivity index (χ3v) is 3.53. The van der Waals surface area contributed by atoms with Crippen LogP contribution in [0.25, 0.3) is 0 Å². The zero-order chi connectivity index (χ0) is 13.1. The van der Waals surface area contributed by atoms with Gasteiger partial charge in [-0.3, -0.25) is 4.79 Å². The molecule has 1 aliphatic heterocycles. The molecular weight excluding hydrogens is 226 g/mol. The van der Waals surface area contributed by atoms with Gasteiger partial charge in [-0.1, -0.05) is 6.92 Å². The SMILES string of the molecule is CC1CCCN(C(=O)c2cc(N)cc(N)c2)CC1. The van der Waals surface area contributed by atoms with Crippen LogP contribution in [-0.4, -0.2) is 23.9 Å². The molecule has 0 spiro atoms. The number of benzene rings is 1. The van der Waals surface area contributed by atoms with Gasteiger partial charge in [-0.25, -0.2) is 0 Å². The summed E-state index contributed by atoms with van der Waals surface area (Å²) in [5.74, 6) is 0.747. The van der Waals surface area contributed by atoms with Gasteiger partial charge in [-0.15, -0.1) is 0 Å². The average molecular weight is 247 g/mol. The molecule has 4 heteroatoms. The van der Waals surface area contributed by atoms with Crippen LogP contribution in [0.4, 0.5) is 11.4 Å². The standard InChI is InChI=1S/C14H21N3O/c1-10-3-2-5-17(6-4-10)14(18)11-7-12(15)9-13(16)8-11/h7-10H,2-6,15-16H2,1H3. The van der Waals surface area contributed by atoms with Crippen molar-refractivity contribution in [3.63, 3.8) is 0 Å². The number of nitrogens with zero attached hydrogens (tertiary/aromatic N) is 1. The van der Waals surface area contributed by atoms with Crippen LogP contribution in [0.1, 0.15) is 36.5 Å². The monoisotopic (exact) mass is 247 g/mol. The van der Waals surface area contributed by atoms with Crippen LogP contribution in [-0.2, 0) is 0 Å². The topological polar surface area (TPSA) is 72.3 Å². The van der Waals surface area contributed by atoms with Gasteiger partial charge in [0.05, 0.1) is 0 Å². The number of hydrogen-bond donors (Lipinski definition) is 2. The lowest BCUT2D eigenvalue weighted by molar-refractivity contribution is 0.0760. The summed E-state index contributed by atoms with van der Waals surface area (Å²) in [4.78, 5) is 14.3. The lowest BCUT2D eigenvalue weighted by Gasteiger charge is -2.20. The van der Waals surface area contributed by atoms with Crippen molar-refractivity contribution < 1.29 is 4.79 Å². The molecule has 0 saturated carbocycles. The number of likely N-dealkylation sites (tertiary alicyclic amines) is 1. The van der Waals surface area contributed by atoms with Crippen molar-refractivity contribution in [2.75, 3.05) is 24.6 Å². The summed E-state index contributed by atoms with van der Waals surface area (Å²) in [6, 6.07) is 5.07. The van der Waals surface area contributed by atoms with Crippen molar-refractivity contribution in [2.45, 2.75) is 26.2 Å². The summed E-state index contributed by atoms with van der Waals surface area (Å²) in [6.45, 7) is 3.90. The van der Waals surface area contributed by atoms with Gasteiger partial charge in [0.15, 0.2) is 0 Å². The molecule has 1 aromatic carbocycles. The lowest BCUT2D eigenvalue weighted by atomic mass is 10.0. The lowest BCUT2D eigenvalue weighted by Crippen LogP contribution is -2.32. The third-order valence-electron chi connectivity index (χ3n) is 3.53. The molecule has 1 atom stereocenters. The second kappa shape index (κ2) is 5.29. The molecule has 1 fully saturated rings. The number of carbonyl (C=O) groups excluding carboxylic acids is 1. The largest absolute Gasteiger partial charge is 0.399 e. The van der Waals surface area contributed by atoms with Gasteiger partial charge in [0.2, 0.25) is 0 Å². The maximum Gasteiger partial charge on any atom is 0.254 e. The number of nitrogens with two attached hydrogens (primary N) is 2. The molecule has 1 saturated heterocycles. The summed E-state index contributed by atoms with van der Waals surface area (Å²) >= 11 is 0. The Hall–Kier alpha value is -1.71. The predicted octanol–water partition coefficient (Wildman–Crippen LogP) is 2.11. The quantitative estimate of drug-likeness (QED) is 0.746. The van der Waals surface area contributed by atoms with E-state index in [0.717, 1.165) is 25.9 Å². The molecule has 4 nitrogen and oxygen atoms in total. The highest BCUT2D eigenvalue weighted by Gasteiger charge is 2.20. The highest BCUT2D eigenvalue weighted by Crippen LogP contribution is 2.20. The smallest absolute Gasteiger partial charge is 0.254 e. The Bertz CT molecular complexity index is 424. The normalized spacial score (nSPS) is 20.5. The van der Waals surface area contributed by atoms with E-state index in [9.17, 15) is 4.79 Å². The zero-order valence-electron chi connectivity index (χ0n) is 10.9. The van der Waals surface area contributed by atoms with E-state index in [0.29, 0.717) is 22.9 Å². The molecule has 98 valence electrons.